The summed E-state index contributed by atoms with van der Waals surface area (Å²) in [6.07, 6.45) is 0.862. The molecule has 4 nitrogen and oxygen atoms in total. The van der Waals surface area contributed by atoms with Gasteiger partial charge in [0, 0.05) is 22.7 Å². The molecule has 1 fully saturated rings. The zero-order valence-corrected chi connectivity index (χ0v) is 11.8. The van der Waals surface area contributed by atoms with Crippen molar-refractivity contribution in [3.8, 4) is 5.75 Å². The van der Waals surface area contributed by atoms with Crippen LogP contribution in [-0.2, 0) is 19.2 Å². The molecule has 1 atom stereocenters. The van der Waals surface area contributed by atoms with Crippen LogP contribution in [0.1, 0.15) is 18.9 Å². The van der Waals surface area contributed by atoms with Crippen molar-refractivity contribution >= 4 is 19.7 Å². The summed E-state index contributed by atoms with van der Waals surface area (Å²) >= 11 is 0. The molecule has 100 valence electrons. The lowest BCUT2D eigenvalue weighted by atomic mass is 9.82. The van der Waals surface area contributed by atoms with E-state index in [1.165, 1.54) is 7.11 Å². The molecule has 1 aliphatic rings. The van der Waals surface area contributed by atoms with Gasteiger partial charge in [0.05, 0.1) is 13.7 Å². The Labute approximate surface area is 111 Å². The Morgan fingerprint density at radius 3 is 2.67 bits per heavy atom. The molecule has 0 aliphatic carbocycles. The Morgan fingerprint density at radius 1 is 1.44 bits per heavy atom. The van der Waals surface area contributed by atoms with Gasteiger partial charge in [-0.3, -0.25) is 0 Å². The van der Waals surface area contributed by atoms with E-state index in [2.05, 4.69) is 0 Å². The fraction of sp³-hybridized carbons (Fsp3) is 0.500. The van der Waals surface area contributed by atoms with Gasteiger partial charge in [0.15, 0.2) is 0 Å². The maximum atomic E-state index is 11.5. The van der Waals surface area contributed by atoms with Crippen molar-refractivity contribution in [3.63, 3.8) is 0 Å². The third-order valence-corrected chi connectivity index (χ3v) is 4.69. The average molecular weight is 291 g/mol. The summed E-state index contributed by atoms with van der Waals surface area (Å²) in [6, 6.07) is 5.07. The van der Waals surface area contributed by atoms with Crippen LogP contribution in [0.25, 0.3) is 0 Å². The van der Waals surface area contributed by atoms with Crippen LogP contribution in [0, 0.1) is 0 Å². The number of ether oxygens (including phenoxy) is 2. The van der Waals surface area contributed by atoms with Crippen molar-refractivity contribution in [1.82, 2.24) is 0 Å². The van der Waals surface area contributed by atoms with Crippen LogP contribution in [0.2, 0.25) is 0 Å². The number of benzene rings is 1. The first-order valence-corrected chi connectivity index (χ1v) is 7.89. The second kappa shape index (κ2) is 4.72. The number of hydrogen-bond donors (Lipinski definition) is 0. The zero-order chi connectivity index (χ0) is 13.4. The average Bonchev–Trinajstić information content (AvgIpc) is 2.75. The van der Waals surface area contributed by atoms with E-state index in [-0.39, 0.29) is 16.1 Å². The minimum absolute atomic E-state index is 0.0114. The van der Waals surface area contributed by atoms with Crippen LogP contribution in [0.15, 0.2) is 23.1 Å². The van der Waals surface area contributed by atoms with E-state index in [0.717, 1.165) is 12.0 Å². The molecule has 6 heteroatoms. The van der Waals surface area contributed by atoms with Crippen molar-refractivity contribution in [2.75, 3.05) is 20.3 Å². The Hall–Kier alpha value is -0.780. The normalized spacial score (nSPS) is 24.2. The lowest BCUT2D eigenvalue weighted by Crippen LogP contribution is -2.22. The summed E-state index contributed by atoms with van der Waals surface area (Å²) in [5.74, 6) is 0.260. The minimum Gasteiger partial charge on any atom is -0.495 e. The summed E-state index contributed by atoms with van der Waals surface area (Å²) in [6.45, 7) is 3.32. The van der Waals surface area contributed by atoms with Crippen LogP contribution in [0.5, 0.6) is 5.75 Å². The molecule has 18 heavy (non-hydrogen) atoms. The standard InChI is InChI=1S/C12H15ClO4S/c1-12(5-6-17-8-12)9-3-4-10(16-2)11(7-9)18(13,14)15/h3-4,7H,5-6,8H2,1-2H3. The number of halogens is 1. The fourth-order valence-electron chi connectivity index (χ4n) is 2.14. The molecule has 0 radical (unpaired) electrons. The van der Waals surface area contributed by atoms with Crippen molar-refractivity contribution in [3.05, 3.63) is 23.8 Å². The molecule has 1 unspecified atom stereocenters. The van der Waals surface area contributed by atoms with E-state index in [1.807, 2.05) is 13.0 Å². The van der Waals surface area contributed by atoms with Gasteiger partial charge in [0.1, 0.15) is 10.6 Å². The fourth-order valence-corrected chi connectivity index (χ4v) is 3.16. The van der Waals surface area contributed by atoms with Gasteiger partial charge in [-0.05, 0) is 24.1 Å². The lowest BCUT2D eigenvalue weighted by Gasteiger charge is -2.23. The van der Waals surface area contributed by atoms with Crippen molar-refractivity contribution in [1.29, 1.82) is 0 Å². The van der Waals surface area contributed by atoms with Gasteiger partial charge < -0.3 is 9.47 Å². The molecule has 1 saturated heterocycles. The Morgan fingerprint density at radius 2 is 2.17 bits per heavy atom. The molecule has 0 spiro atoms. The highest BCUT2D eigenvalue weighted by molar-refractivity contribution is 8.13. The highest BCUT2D eigenvalue weighted by Crippen LogP contribution is 2.37. The van der Waals surface area contributed by atoms with Gasteiger partial charge in [0.25, 0.3) is 9.05 Å². The van der Waals surface area contributed by atoms with Crippen molar-refractivity contribution in [2.45, 2.75) is 23.7 Å². The Kier molecular flexibility index (Phi) is 3.58. The first-order valence-electron chi connectivity index (χ1n) is 5.58. The number of methoxy groups -OCH3 is 1. The molecule has 0 amide bonds. The van der Waals surface area contributed by atoms with E-state index in [1.54, 1.807) is 12.1 Å². The largest absolute Gasteiger partial charge is 0.495 e. The van der Waals surface area contributed by atoms with E-state index >= 15 is 0 Å². The summed E-state index contributed by atoms with van der Waals surface area (Å²) in [7, 11) is 3.03. The van der Waals surface area contributed by atoms with Crippen molar-refractivity contribution < 1.29 is 17.9 Å². The predicted molar refractivity (Wildman–Crippen MR) is 68.8 cm³/mol. The molecular weight excluding hydrogens is 276 g/mol. The molecule has 1 aromatic carbocycles. The van der Waals surface area contributed by atoms with Gasteiger partial charge in [-0.2, -0.15) is 0 Å². The predicted octanol–water partition coefficient (Wildman–Crippen LogP) is 2.30. The second-order valence-corrected chi connectivity index (χ2v) is 7.20. The van der Waals surface area contributed by atoms with Crippen LogP contribution < -0.4 is 4.74 Å². The molecule has 0 N–H and O–H groups in total. The molecule has 1 aromatic rings. The highest BCUT2D eigenvalue weighted by atomic mass is 35.7. The number of rotatable bonds is 3. The van der Waals surface area contributed by atoms with Gasteiger partial charge in [-0.1, -0.05) is 13.0 Å². The van der Waals surface area contributed by atoms with Gasteiger partial charge in [0.2, 0.25) is 0 Å². The first kappa shape index (κ1) is 13.6. The maximum Gasteiger partial charge on any atom is 0.264 e. The smallest absolute Gasteiger partial charge is 0.264 e. The Balaban J connectivity index is 2.53. The molecule has 0 saturated carbocycles. The molecule has 0 aromatic heterocycles. The summed E-state index contributed by atoms with van der Waals surface area (Å²) in [4.78, 5) is 0.0114. The maximum absolute atomic E-state index is 11.5. The van der Waals surface area contributed by atoms with Crippen LogP contribution in [0.3, 0.4) is 0 Å². The van der Waals surface area contributed by atoms with E-state index in [9.17, 15) is 8.42 Å². The minimum atomic E-state index is -3.82. The monoisotopic (exact) mass is 290 g/mol. The molecule has 2 rings (SSSR count). The van der Waals surface area contributed by atoms with Crippen molar-refractivity contribution in [2.24, 2.45) is 0 Å². The summed E-state index contributed by atoms with van der Waals surface area (Å²) in [5, 5.41) is 0. The first-order chi connectivity index (χ1) is 8.37. The van der Waals surface area contributed by atoms with Crippen LogP contribution >= 0.6 is 10.7 Å². The summed E-state index contributed by atoms with van der Waals surface area (Å²) < 4.78 is 33.5. The van der Waals surface area contributed by atoms with E-state index in [4.69, 9.17) is 20.2 Å². The Bertz CT molecular complexity index is 547. The zero-order valence-electron chi connectivity index (χ0n) is 10.3. The van der Waals surface area contributed by atoms with Gasteiger partial charge in [-0.15, -0.1) is 0 Å². The molecule has 1 heterocycles. The quantitative estimate of drug-likeness (QED) is 0.802. The summed E-state index contributed by atoms with van der Waals surface area (Å²) in [5.41, 5.74) is 0.739. The number of hydrogen-bond acceptors (Lipinski definition) is 4. The van der Waals surface area contributed by atoms with Crippen LogP contribution in [-0.4, -0.2) is 28.7 Å². The third kappa shape index (κ3) is 2.48. The van der Waals surface area contributed by atoms with Crippen LogP contribution in [0.4, 0.5) is 0 Å². The molecule has 0 bridgehead atoms. The molecular formula is C12H15ClO4S. The third-order valence-electron chi connectivity index (χ3n) is 3.34. The highest BCUT2D eigenvalue weighted by Gasteiger charge is 2.33. The lowest BCUT2D eigenvalue weighted by molar-refractivity contribution is 0.180. The SMILES string of the molecule is COc1ccc(C2(C)CCOC2)cc1S(=O)(=O)Cl. The van der Waals surface area contributed by atoms with Gasteiger partial charge in [-0.25, -0.2) is 8.42 Å². The van der Waals surface area contributed by atoms with Gasteiger partial charge >= 0.3 is 0 Å². The molecule has 1 aliphatic heterocycles. The topological polar surface area (TPSA) is 52.6 Å². The van der Waals surface area contributed by atoms with E-state index < -0.39 is 9.05 Å². The second-order valence-electron chi connectivity index (χ2n) is 4.67. The van der Waals surface area contributed by atoms with E-state index in [0.29, 0.717) is 13.2 Å².